The maximum atomic E-state index is 11.6. The summed E-state index contributed by atoms with van der Waals surface area (Å²) in [5, 5.41) is 0. The number of nitrogens with zero attached hydrogens (tertiary/aromatic N) is 1. The first kappa shape index (κ1) is 12.2. The van der Waals surface area contributed by atoms with E-state index in [0.717, 1.165) is 12.8 Å². The number of nitrogens with two attached hydrogens (primary N) is 1. The zero-order chi connectivity index (χ0) is 11.5. The molecule has 1 fully saturated rings. The van der Waals surface area contributed by atoms with E-state index in [1.165, 1.54) is 4.90 Å². The molecule has 1 aliphatic heterocycles. The lowest BCUT2D eigenvalue weighted by Crippen LogP contribution is -2.54. The molecule has 0 unspecified atom stereocenters. The molecule has 15 heavy (non-hydrogen) atoms. The van der Waals surface area contributed by atoms with Gasteiger partial charge in [0.25, 0.3) is 0 Å². The van der Waals surface area contributed by atoms with Gasteiger partial charge in [-0.3, -0.25) is 14.5 Å². The summed E-state index contributed by atoms with van der Waals surface area (Å²) in [7, 11) is 0. The number of rotatable bonds is 4. The highest BCUT2D eigenvalue weighted by Gasteiger charge is 2.32. The predicted octanol–water partition coefficient (Wildman–Crippen LogP) is 1.04. The molecule has 86 valence electrons. The number of imide groups is 1. The summed E-state index contributed by atoms with van der Waals surface area (Å²) in [6, 6.07) is 0. The van der Waals surface area contributed by atoms with Crippen molar-refractivity contribution in [3.8, 4) is 0 Å². The van der Waals surface area contributed by atoms with E-state index in [4.69, 9.17) is 5.73 Å². The van der Waals surface area contributed by atoms with E-state index >= 15 is 0 Å². The van der Waals surface area contributed by atoms with Gasteiger partial charge in [-0.25, -0.2) is 0 Å². The standard InChI is InChI=1S/C11H20N2O2/c1-3-11(12,4-2)8-13-9(14)6-5-7-10(13)15/h3-8,12H2,1-2H3. The highest BCUT2D eigenvalue weighted by molar-refractivity contribution is 5.97. The summed E-state index contributed by atoms with van der Waals surface area (Å²) in [4.78, 5) is 24.5. The number of hydrogen-bond donors (Lipinski definition) is 1. The molecule has 2 amide bonds. The average Bonchev–Trinajstić information content (AvgIpc) is 2.23. The molecule has 0 aromatic carbocycles. The minimum atomic E-state index is -0.414. The number of amides is 2. The first-order chi connectivity index (χ1) is 7.02. The Morgan fingerprint density at radius 3 is 2.07 bits per heavy atom. The van der Waals surface area contributed by atoms with Crippen molar-refractivity contribution < 1.29 is 9.59 Å². The van der Waals surface area contributed by atoms with E-state index in [9.17, 15) is 9.59 Å². The van der Waals surface area contributed by atoms with Gasteiger partial charge in [-0.05, 0) is 19.3 Å². The Morgan fingerprint density at radius 1 is 1.20 bits per heavy atom. The van der Waals surface area contributed by atoms with Crippen molar-refractivity contribution in [2.24, 2.45) is 5.73 Å². The molecular weight excluding hydrogens is 192 g/mol. The van der Waals surface area contributed by atoms with E-state index in [-0.39, 0.29) is 11.8 Å². The molecular formula is C11H20N2O2. The molecule has 1 rings (SSSR count). The molecule has 0 atom stereocenters. The van der Waals surface area contributed by atoms with Crippen molar-refractivity contribution in [2.75, 3.05) is 6.54 Å². The third-order valence-electron chi connectivity index (χ3n) is 3.26. The van der Waals surface area contributed by atoms with E-state index in [1.807, 2.05) is 13.8 Å². The van der Waals surface area contributed by atoms with Crippen LogP contribution in [0, 0.1) is 0 Å². The maximum Gasteiger partial charge on any atom is 0.229 e. The number of carbonyl (C=O) groups is 2. The van der Waals surface area contributed by atoms with Crippen molar-refractivity contribution in [3.05, 3.63) is 0 Å². The number of piperidine rings is 1. The van der Waals surface area contributed by atoms with E-state index in [0.29, 0.717) is 25.8 Å². The van der Waals surface area contributed by atoms with Crippen LogP contribution in [-0.2, 0) is 9.59 Å². The molecule has 2 N–H and O–H groups in total. The van der Waals surface area contributed by atoms with Gasteiger partial charge in [-0.1, -0.05) is 13.8 Å². The molecule has 4 heteroatoms. The lowest BCUT2D eigenvalue weighted by atomic mass is 9.92. The number of carbonyl (C=O) groups excluding carboxylic acids is 2. The molecule has 4 nitrogen and oxygen atoms in total. The zero-order valence-electron chi connectivity index (χ0n) is 9.58. The Labute approximate surface area is 90.8 Å². The second-order valence-corrected chi connectivity index (χ2v) is 4.30. The van der Waals surface area contributed by atoms with Gasteiger partial charge in [0.05, 0.1) is 0 Å². The van der Waals surface area contributed by atoms with Crippen molar-refractivity contribution in [1.82, 2.24) is 4.90 Å². The fourth-order valence-electron chi connectivity index (χ4n) is 1.76. The zero-order valence-corrected chi connectivity index (χ0v) is 9.58. The first-order valence-corrected chi connectivity index (χ1v) is 5.64. The van der Waals surface area contributed by atoms with Crippen molar-refractivity contribution >= 4 is 11.8 Å². The Morgan fingerprint density at radius 2 is 1.67 bits per heavy atom. The monoisotopic (exact) mass is 212 g/mol. The van der Waals surface area contributed by atoms with Crippen LogP contribution in [0.15, 0.2) is 0 Å². The second kappa shape index (κ2) is 4.75. The van der Waals surface area contributed by atoms with Crippen LogP contribution in [0.5, 0.6) is 0 Å². The van der Waals surface area contributed by atoms with Crippen LogP contribution < -0.4 is 5.73 Å². The summed E-state index contributed by atoms with van der Waals surface area (Å²) in [6.45, 7) is 4.35. The Kier molecular flexibility index (Phi) is 3.85. The van der Waals surface area contributed by atoms with Gasteiger partial charge in [0.2, 0.25) is 11.8 Å². The Bertz CT molecular complexity index is 243. The van der Waals surface area contributed by atoms with Crippen LogP contribution >= 0.6 is 0 Å². The van der Waals surface area contributed by atoms with Crippen LogP contribution in [-0.4, -0.2) is 28.8 Å². The second-order valence-electron chi connectivity index (χ2n) is 4.30. The normalized spacial score (nSPS) is 18.5. The van der Waals surface area contributed by atoms with Gasteiger partial charge in [0.1, 0.15) is 0 Å². The fraction of sp³-hybridized carbons (Fsp3) is 0.818. The molecule has 0 radical (unpaired) electrons. The minimum absolute atomic E-state index is 0.0667. The van der Waals surface area contributed by atoms with Crippen molar-refractivity contribution in [1.29, 1.82) is 0 Å². The topological polar surface area (TPSA) is 63.4 Å². The Balaban J connectivity index is 2.69. The Hall–Kier alpha value is -0.900. The summed E-state index contributed by atoms with van der Waals surface area (Å²) in [6.07, 6.45) is 3.20. The lowest BCUT2D eigenvalue weighted by molar-refractivity contribution is -0.149. The number of likely N-dealkylation sites (tertiary alicyclic amines) is 1. The first-order valence-electron chi connectivity index (χ1n) is 5.64. The summed E-state index contributed by atoms with van der Waals surface area (Å²) >= 11 is 0. The van der Waals surface area contributed by atoms with Crippen LogP contribution in [0.25, 0.3) is 0 Å². The molecule has 1 heterocycles. The number of hydrogen-bond acceptors (Lipinski definition) is 3. The van der Waals surface area contributed by atoms with Crippen LogP contribution in [0.1, 0.15) is 46.0 Å². The largest absolute Gasteiger partial charge is 0.324 e. The van der Waals surface area contributed by atoms with Crippen LogP contribution in [0.2, 0.25) is 0 Å². The van der Waals surface area contributed by atoms with E-state index in [2.05, 4.69) is 0 Å². The van der Waals surface area contributed by atoms with Gasteiger partial charge in [-0.2, -0.15) is 0 Å². The molecule has 0 bridgehead atoms. The highest BCUT2D eigenvalue weighted by Crippen LogP contribution is 2.18. The average molecular weight is 212 g/mol. The summed E-state index contributed by atoms with van der Waals surface area (Å²) in [5.41, 5.74) is 5.69. The molecule has 1 aliphatic rings. The maximum absolute atomic E-state index is 11.6. The van der Waals surface area contributed by atoms with Crippen molar-refractivity contribution in [3.63, 3.8) is 0 Å². The van der Waals surface area contributed by atoms with E-state index in [1.54, 1.807) is 0 Å². The minimum Gasteiger partial charge on any atom is -0.324 e. The molecule has 0 aromatic heterocycles. The van der Waals surface area contributed by atoms with Gasteiger partial charge >= 0.3 is 0 Å². The lowest BCUT2D eigenvalue weighted by Gasteiger charge is -2.34. The van der Waals surface area contributed by atoms with Crippen LogP contribution in [0.3, 0.4) is 0 Å². The highest BCUT2D eigenvalue weighted by atomic mass is 16.2. The summed E-state index contributed by atoms with van der Waals surface area (Å²) in [5.74, 6) is -0.133. The van der Waals surface area contributed by atoms with Crippen molar-refractivity contribution in [2.45, 2.75) is 51.5 Å². The molecule has 0 aliphatic carbocycles. The molecule has 1 saturated heterocycles. The smallest absolute Gasteiger partial charge is 0.229 e. The van der Waals surface area contributed by atoms with Gasteiger partial charge in [0.15, 0.2) is 0 Å². The van der Waals surface area contributed by atoms with Crippen LogP contribution in [0.4, 0.5) is 0 Å². The summed E-state index contributed by atoms with van der Waals surface area (Å²) < 4.78 is 0. The molecule has 0 aromatic rings. The van der Waals surface area contributed by atoms with Gasteiger partial charge in [0, 0.05) is 24.9 Å². The quantitative estimate of drug-likeness (QED) is 0.708. The van der Waals surface area contributed by atoms with Gasteiger partial charge in [-0.15, -0.1) is 0 Å². The molecule has 0 saturated carbocycles. The van der Waals surface area contributed by atoms with E-state index < -0.39 is 5.54 Å². The fourth-order valence-corrected chi connectivity index (χ4v) is 1.76. The predicted molar refractivity (Wildman–Crippen MR) is 58.1 cm³/mol. The third-order valence-corrected chi connectivity index (χ3v) is 3.26. The molecule has 0 spiro atoms. The third kappa shape index (κ3) is 2.78. The van der Waals surface area contributed by atoms with Gasteiger partial charge < -0.3 is 5.73 Å². The SMILES string of the molecule is CCC(N)(CC)CN1C(=O)CCCC1=O.